The van der Waals surface area contributed by atoms with Crippen molar-refractivity contribution in [1.29, 1.82) is 0 Å². The molecular formula is C14H19N5O. The fraction of sp³-hybridized carbons (Fsp3) is 0.357. The normalized spacial score (nSPS) is 10.5. The van der Waals surface area contributed by atoms with E-state index in [9.17, 15) is 4.79 Å². The van der Waals surface area contributed by atoms with E-state index >= 15 is 0 Å². The summed E-state index contributed by atoms with van der Waals surface area (Å²) >= 11 is 0. The SMILES string of the molecule is CCN(CC)C(=O)c1nnn(Cc2ccccc2)c1N. The van der Waals surface area contributed by atoms with Gasteiger partial charge in [0.05, 0.1) is 6.54 Å². The summed E-state index contributed by atoms with van der Waals surface area (Å²) in [6.45, 7) is 5.60. The molecule has 106 valence electrons. The topological polar surface area (TPSA) is 77.0 Å². The zero-order chi connectivity index (χ0) is 14.5. The summed E-state index contributed by atoms with van der Waals surface area (Å²) in [7, 11) is 0. The molecule has 1 amide bonds. The molecule has 1 heterocycles. The Hall–Kier alpha value is -2.37. The standard InChI is InChI=1S/C14H19N5O/c1-3-18(4-2)14(20)12-13(15)19(17-16-12)10-11-8-6-5-7-9-11/h5-9H,3-4,10,15H2,1-2H3. The molecular weight excluding hydrogens is 254 g/mol. The van der Waals surface area contributed by atoms with Gasteiger partial charge in [-0.2, -0.15) is 0 Å². The van der Waals surface area contributed by atoms with E-state index in [-0.39, 0.29) is 11.6 Å². The molecule has 0 radical (unpaired) electrons. The first-order valence-corrected chi connectivity index (χ1v) is 6.69. The average Bonchev–Trinajstić information content (AvgIpc) is 2.82. The van der Waals surface area contributed by atoms with Crippen molar-refractivity contribution in [3.05, 3.63) is 41.6 Å². The van der Waals surface area contributed by atoms with Crippen LogP contribution in [-0.4, -0.2) is 38.9 Å². The minimum Gasteiger partial charge on any atom is -0.382 e. The number of nitrogen functional groups attached to an aromatic ring is 1. The Morgan fingerprint density at radius 2 is 1.90 bits per heavy atom. The number of carbonyl (C=O) groups excluding carboxylic acids is 1. The number of nitrogens with two attached hydrogens (primary N) is 1. The van der Waals surface area contributed by atoms with Crippen LogP contribution in [0.25, 0.3) is 0 Å². The van der Waals surface area contributed by atoms with Crippen molar-refractivity contribution >= 4 is 11.7 Å². The van der Waals surface area contributed by atoms with Crippen molar-refractivity contribution in [3.63, 3.8) is 0 Å². The monoisotopic (exact) mass is 273 g/mol. The van der Waals surface area contributed by atoms with Crippen LogP contribution in [0.15, 0.2) is 30.3 Å². The van der Waals surface area contributed by atoms with Gasteiger partial charge in [0.15, 0.2) is 11.5 Å². The maximum atomic E-state index is 12.2. The summed E-state index contributed by atoms with van der Waals surface area (Å²) in [4.78, 5) is 13.9. The molecule has 0 saturated heterocycles. The zero-order valence-electron chi connectivity index (χ0n) is 11.8. The number of nitrogens with zero attached hydrogens (tertiary/aromatic N) is 4. The van der Waals surface area contributed by atoms with Crippen molar-refractivity contribution in [2.45, 2.75) is 20.4 Å². The van der Waals surface area contributed by atoms with Gasteiger partial charge in [-0.3, -0.25) is 4.79 Å². The number of aromatic nitrogens is 3. The van der Waals surface area contributed by atoms with Crippen LogP contribution in [0, 0.1) is 0 Å². The predicted molar refractivity (Wildman–Crippen MR) is 77.2 cm³/mol. The predicted octanol–water partition coefficient (Wildman–Crippen LogP) is 1.39. The van der Waals surface area contributed by atoms with Gasteiger partial charge in [0, 0.05) is 13.1 Å². The highest BCUT2D eigenvalue weighted by atomic mass is 16.2. The number of hydrogen-bond donors (Lipinski definition) is 1. The number of benzene rings is 1. The van der Waals surface area contributed by atoms with E-state index < -0.39 is 0 Å². The van der Waals surface area contributed by atoms with E-state index in [2.05, 4.69) is 10.3 Å². The molecule has 0 fully saturated rings. The van der Waals surface area contributed by atoms with E-state index in [0.717, 1.165) is 5.56 Å². The van der Waals surface area contributed by atoms with Crippen molar-refractivity contribution in [2.75, 3.05) is 18.8 Å². The van der Waals surface area contributed by atoms with Crippen LogP contribution in [0.4, 0.5) is 5.82 Å². The van der Waals surface area contributed by atoms with Gasteiger partial charge in [0.2, 0.25) is 0 Å². The summed E-state index contributed by atoms with van der Waals surface area (Å²) in [5.41, 5.74) is 7.28. The lowest BCUT2D eigenvalue weighted by Gasteiger charge is -2.17. The van der Waals surface area contributed by atoms with Gasteiger partial charge >= 0.3 is 0 Å². The number of rotatable bonds is 5. The molecule has 0 aliphatic heterocycles. The molecule has 0 atom stereocenters. The van der Waals surface area contributed by atoms with E-state index in [1.54, 1.807) is 9.58 Å². The maximum Gasteiger partial charge on any atom is 0.278 e. The second-order valence-electron chi connectivity index (χ2n) is 4.44. The van der Waals surface area contributed by atoms with Crippen LogP contribution >= 0.6 is 0 Å². The molecule has 0 spiro atoms. The number of carbonyl (C=O) groups is 1. The van der Waals surface area contributed by atoms with Crippen LogP contribution in [0.5, 0.6) is 0 Å². The molecule has 0 saturated carbocycles. The molecule has 0 bridgehead atoms. The third kappa shape index (κ3) is 2.79. The summed E-state index contributed by atoms with van der Waals surface area (Å²) in [5, 5.41) is 7.90. The molecule has 6 nitrogen and oxygen atoms in total. The van der Waals surface area contributed by atoms with Gasteiger partial charge in [0.25, 0.3) is 5.91 Å². The minimum absolute atomic E-state index is 0.174. The Kier molecular flexibility index (Phi) is 4.34. The number of hydrogen-bond acceptors (Lipinski definition) is 4. The van der Waals surface area contributed by atoms with Gasteiger partial charge in [-0.15, -0.1) is 5.10 Å². The Morgan fingerprint density at radius 1 is 1.25 bits per heavy atom. The molecule has 2 rings (SSSR count). The summed E-state index contributed by atoms with van der Waals surface area (Å²) in [6, 6.07) is 9.80. The smallest absolute Gasteiger partial charge is 0.278 e. The Morgan fingerprint density at radius 3 is 2.50 bits per heavy atom. The van der Waals surface area contributed by atoms with Crippen molar-refractivity contribution in [3.8, 4) is 0 Å². The molecule has 20 heavy (non-hydrogen) atoms. The number of anilines is 1. The maximum absolute atomic E-state index is 12.2. The minimum atomic E-state index is -0.174. The quantitative estimate of drug-likeness (QED) is 0.893. The Balaban J connectivity index is 2.21. The molecule has 0 aliphatic rings. The van der Waals surface area contributed by atoms with Crippen molar-refractivity contribution < 1.29 is 4.79 Å². The van der Waals surface area contributed by atoms with E-state index in [4.69, 9.17) is 5.73 Å². The second kappa shape index (κ2) is 6.18. The van der Waals surface area contributed by atoms with E-state index in [0.29, 0.717) is 25.5 Å². The first kappa shape index (κ1) is 14.0. The van der Waals surface area contributed by atoms with Gasteiger partial charge in [-0.05, 0) is 19.4 Å². The van der Waals surface area contributed by atoms with Gasteiger partial charge in [0.1, 0.15) is 0 Å². The second-order valence-corrected chi connectivity index (χ2v) is 4.44. The molecule has 1 aromatic heterocycles. The largest absolute Gasteiger partial charge is 0.382 e. The third-order valence-corrected chi connectivity index (χ3v) is 3.20. The highest BCUT2D eigenvalue weighted by Crippen LogP contribution is 2.13. The first-order valence-electron chi connectivity index (χ1n) is 6.69. The number of amides is 1. The first-order chi connectivity index (χ1) is 9.67. The van der Waals surface area contributed by atoms with Crippen LogP contribution < -0.4 is 5.73 Å². The molecule has 0 aliphatic carbocycles. The fourth-order valence-corrected chi connectivity index (χ4v) is 2.01. The van der Waals surface area contributed by atoms with Gasteiger partial charge in [-0.25, -0.2) is 4.68 Å². The lowest BCUT2D eigenvalue weighted by molar-refractivity contribution is 0.0768. The lowest BCUT2D eigenvalue weighted by Crippen LogP contribution is -2.31. The van der Waals surface area contributed by atoms with Gasteiger partial charge < -0.3 is 10.6 Å². The molecule has 6 heteroatoms. The van der Waals surface area contributed by atoms with Crippen molar-refractivity contribution in [2.24, 2.45) is 0 Å². The van der Waals surface area contributed by atoms with Crippen molar-refractivity contribution in [1.82, 2.24) is 19.9 Å². The van der Waals surface area contributed by atoms with E-state index in [1.165, 1.54) is 0 Å². The summed E-state index contributed by atoms with van der Waals surface area (Å²) < 4.78 is 1.55. The molecule has 0 unspecified atom stereocenters. The molecule has 2 aromatic rings. The molecule has 1 aromatic carbocycles. The van der Waals surface area contributed by atoms with Crippen LogP contribution in [0.1, 0.15) is 29.9 Å². The van der Waals surface area contributed by atoms with Crippen LogP contribution in [-0.2, 0) is 6.54 Å². The van der Waals surface area contributed by atoms with Crippen LogP contribution in [0.2, 0.25) is 0 Å². The highest BCUT2D eigenvalue weighted by Gasteiger charge is 2.21. The molecule has 2 N–H and O–H groups in total. The van der Waals surface area contributed by atoms with Crippen LogP contribution in [0.3, 0.4) is 0 Å². The van der Waals surface area contributed by atoms with E-state index in [1.807, 2.05) is 44.2 Å². The third-order valence-electron chi connectivity index (χ3n) is 3.20. The average molecular weight is 273 g/mol. The summed E-state index contributed by atoms with van der Waals surface area (Å²) in [6.07, 6.45) is 0. The fourth-order valence-electron chi connectivity index (χ4n) is 2.01. The van der Waals surface area contributed by atoms with Gasteiger partial charge in [-0.1, -0.05) is 35.5 Å². The Bertz CT molecular complexity index is 575. The summed E-state index contributed by atoms with van der Waals surface area (Å²) in [5.74, 6) is 0.137. The lowest BCUT2D eigenvalue weighted by atomic mass is 10.2. The zero-order valence-corrected chi connectivity index (χ0v) is 11.8. The Labute approximate surface area is 118 Å². The highest BCUT2D eigenvalue weighted by molar-refractivity contribution is 5.96.